The van der Waals surface area contributed by atoms with Crippen LogP contribution < -0.4 is 5.43 Å². The second-order valence-corrected chi connectivity index (χ2v) is 3.98. The lowest BCUT2D eigenvalue weighted by atomic mass is 10.1. The van der Waals surface area contributed by atoms with Crippen molar-refractivity contribution in [2.75, 3.05) is 0 Å². The fourth-order valence-electron chi connectivity index (χ4n) is 1.43. The number of hydrogen-bond acceptors (Lipinski definition) is 1. The molecule has 2 rings (SSSR count). The lowest BCUT2D eigenvalue weighted by Gasteiger charge is -2.10. The monoisotopic (exact) mass is 291 g/mol. The molecule has 1 aromatic carbocycles. The van der Waals surface area contributed by atoms with E-state index in [1.54, 1.807) is 0 Å². The molecule has 6 heteroatoms. The number of aromatic amines is 1. The van der Waals surface area contributed by atoms with E-state index in [1.807, 2.05) is 0 Å². The van der Waals surface area contributed by atoms with Crippen molar-refractivity contribution in [1.29, 1.82) is 0 Å². The number of aromatic nitrogens is 1. The minimum Gasteiger partial charge on any atom is -0.360 e. The van der Waals surface area contributed by atoms with E-state index in [-0.39, 0.29) is 20.8 Å². The van der Waals surface area contributed by atoms with Crippen LogP contribution in [0.5, 0.6) is 0 Å². The molecule has 0 saturated carbocycles. The molecule has 0 aliphatic rings. The van der Waals surface area contributed by atoms with Crippen LogP contribution in [-0.2, 0) is 6.18 Å². The third kappa shape index (κ3) is 1.73. The largest absolute Gasteiger partial charge is 0.417 e. The fraction of sp³-hybridized carbons (Fsp3) is 0.100. The lowest BCUT2D eigenvalue weighted by molar-refractivity contribution is -0.138. The zero-order valence-corrected chi connectivity index (χ0v) is 9.32. The SMILES string of the molecule is O=c1cc[nH]c2c(Br)c(C(F)(F)F)ccc12. The summed E-state index contributed by atoms with van der Waals surface area (Å²) in [5.41, 5.74) is -0.965. The Morgan fingerprint density at radius 3 is 2.50 bits per heavy atom. The van der Waals surface area contributed by atoms with Crippen LogP contribution in [0.25, 0.3) is 10.9 Å². The fourth-order valence-corrected chi connectivity index (χ4v) is 2.12. The number of H-pyrrole nitrogens is 1. The van der Waals surface area contributed by atoms with Gasteiger partial charge in [0.05, 0.1) is 15.6 Å². The first-order chi connectivity index (χ1) is 7.41. The van der Waals surface area contributed by atoms with Crippen LogP contribution >= 0.6 is 15.9 Å². The zero-order chi connectivity index (χ0) is 11.9. The minimum atomic E-state index is -4.44. The highest BCUT2D eigenvalue weighted by Gasteiger charge is 2.33. The Balaban J connectivity index is 2.86. The van der Waals surface area contributed by atoms with Gasteiger partial charge in [-0.1, -0.05) is 0 Å². The van der Waals surface area contributed by atoms with E-state index >= 15 is 0 Å². The van der Waals surface area contributed by atoms with Crippen molar-refractivity contribution in [2.24, 2.45) is 0 Å². The first-order valence-corrected chi connectivity index (χ1v) is 5.07. The summed E-state index contributed by atoms with van der Waals surface area (Å²) in [5, 5.41) is 0.224. The Morgan fingerprint density at radius 2 is 1.88 bits per heavy atom. The number of fused-ring (bicyclic) bond motifs is 1. The van der Waals surface area contributed by atoms with Crippen molar-refractivity contribution >= 4 is 26.8 Å². The molecule has 2 nitrogen and oxygen atoms in total. The molecule has 0 spiro atoms. The number of benzene rings is 1. The van der Waals surface area contributed by atoms with Gasteiger partial charge in [-0.25, -0.2) is 0 Å². The maximum atomic E-state index is 12.6. The Kier molecular flexibility index (Phi) is 2.53. The number of halogens is 4. The second-order valence-electron chi connectivity index (χ2n) is 3.19. The van der Waals surface area contributed by atoms with Crippen LogP contribution in [0.1, 0.15) is 5.56 Å². The standard InChI is InChI=1S/C10H5BrF3NO/c11-8-6(10(12,13)14)2-1-5-7(16)3-4-15-9(5)8/h1-4H,(H,15,16). The van der Waals surface area contributed by atoms with Crippen molar-refractivity contribution in [3.8, 4) is 0 Å². The second kappa shape index (κ2) is 3.62. The molecular formula is C10H5BrF3NO. The molecule has 0 aliphatic heterocycles. The smallest absolute Gasteiger partial charge is 0.360 e. The molecule has 84 valence electrons. The minimum absolute atomic E-state index is 0.143. The van der Waals surface area contributed by atoms with E-state index in [9.17, 15) is 18.0 Å². The van der Waals surface area contributed by atoms with E-state index in [0.29, 0.717) is 0 Å². The molecule has 2 aromatic rings. The normalized spacial score (nSPS) is 12.0. The van der Waals surface area contributed by atoms with Crippen molar-refractivity contribution in [2.45, 2.75) is 6.18 Å². The van der Waals surface area contributed by atoms with E-state index in [4.69, 9.17) is 0 Å². The molecule has 1 N–H and O–H groups in total. The van der Waals surface area contributed by atoms with Crippen LogP contribution in [-0.4, -0.2) is 4.98 Å². The molecular weight excluding hydrogens is 287 g/mol. The predicted octanol–water partition coefficient (Wildman–Crippen LogP) is 3.31. The van der Waals surface area contributed by atoms with Crippen LogP contribution in [0.15, 0.2) is 33.7 Å². The molecule has 16 heavy (non-hydrogen) atoms. The summed E-state index contributed by atoms with van der Waals surface area (Å²) >= 11 is 2.86. The Hall–Kier alpha value is -1.30. The van der Waals surface area contributed by atoms with Gasteiger partial charge in [0.2, 0.25) is 0 Å². The Morgan fingerprint density at radius 1 is 1.19 bits per heavy atom. The first-order valence-electron chi connectivity index (χ1n) is 4.28. The van der Waals surface area contributed by atoms with Gasteiger partial charge in [0, 0.05) is 17.6 Å². The maximum Gasteiger partial charge on any atom is 0.417 e. The molecule has 0 fully saturated rings. The molecule has 1 heterocycles. The molecule has 0 saturated heterocycles. The number of pyridine rings is 1. The quantitative estimate of drug-likeness (QED) is 0.794. The molecule has 0 amide bonds. The van der Waals surface area contributed by atoms with Gasteiger partial charge in [-0.05, 0) is 28.1 Å². The van der Waals surface area contributed by atoms with E-state index in [0.717, 1.165) is 6.07 Å². The summed E-state index contributed by atoms with van der Waals surface area (Å²) in [7, 11) is 0. The molecule has 0 radical (unpaired) electrons. The number of rotatable bonds is 0. The van der Waals surface area contributed by atoms with Gasteiger partial charge >= 0.3 is 6.18 Å². The van der Waals surface area contributed by atoms with Gasteiger partial charge in [-0.2, -0.15) is 13.2 Å². The van der Waals surface area contributed by atoms with Crippen molar-refractivity contribution < 1.29 is 13.2 Å². The average Bonchev–Trinajstić information content (AvgIpc) is 2.18. The Bertz CT molecular complexity index is 603. The van der Waals surface area contributed by atoms with Gasteiger partial charge in [0.15, 0.2) is 5.43 Å². The topological polar surface area (TPSA) is 32.9 Å². The summed E-state index contributed by atoms with van der Waals surface area (Å²) in [6.45, 7) is 0. The maximum absolute atomic E-state index is 12.6. The lowest BCUT2D eigenvalue weighted by Crippen LogP contribution is -2.08. The average molecular weight is 292 g/mol. The van der Waals surface area contributed by atoms with Crippen LogP contribution in [0.2, 0.25) is 0 Å². The van der Waals surface area contributed by atoms with Crippen LogP contribution in [0.4, 0.5) is 13.2 Å². The van der Waals surface area contributed by atoms with Gasteiger partial charge in [-0.15, -0.1) is 0 Å². The molecule has 0 atom stereocenters. The third-order valence-electron chi connectivity index (χ3n) is 2.18. The van der Waals surface area contributed by atoms with E-state index in [2.05, 4.69) is 20.9 Å². The van der Waals surface area contributed by atoms with E-state index in [1.165, 1.54) is 18.3 Å². The summed E-state index contributed by atoms with van der Waals surface area (Å²) in [6.07, 6.45) is -3.13. The summed E-state index contributed by atoms with van der Waals surface area (Å²) in [5.74, 6) is 0. The number of hydrogen-bond donors (Lipinski definition) is 1. The highest BCUT2D eigenvalue weighted by molar-refractivity contribution is 9.10. The first kappa shape index (κ1) is 11.2. The number of alkyl halides is 3. The van der Waals surface area contributed by atoms with Gasteiger partial charge in [0.1, 0.15) is 0 Å². The predicted molar refractivity (Wildman–Crippen MR) is 57.3 cm³/mol. The van der Waals surface area contributed by atoms with Crippen LogP contribution in [0, 0.1) is 0 Å². The molecule has 0 aliphatic carbocycles. The van der Waals surface area contributed by atoms with E-state index < -0.39 is 11.7 Å². The Labute approximate surface area is 96.2 Å². The summed E-state index contributed by atoms with van der Waals surface area (Å²) in [4.78, 5) is 14.0. The summed E-state index contributed by atoms with van der Waals surface area (Å²) in [6, 6.07) is 3.32. The highest BCUT2D eigenvalue weighted by atomic mass is 79.9. The molecule has 1 aromatic heterocycles. The summed E-state index contributed by atoms with van der Waals surface area (Å²) < 4.78 is 37.5. The van der Waals surface area contributed by atoms with Gasteiger partial charge < -0.3 is 4.98 Å². The van der Waals surface area contributed by atoms with Gasteiger partial charge in [0.25, 0.3) is 0 Å². The highest BCUT2D eigenvalue weighted by Crippen LogP contribution is 2.37. The molecule has 0 bridgehead atoms. The van der Waals surface area contributed by atoms with Crippen LogP contribution in [0.3, 0.4) is 0 Å². The third-order valence-corrected chi connectivity index (χ3v) is 3.00. The molecule has 0 unspecified atom stereocenters. The number of nitrogens with one attached hydrogen (secondary N) is 1. The van der Waals surface area contributed by atoms with Crippen molar-refractivity contribution in [1.82, 2.24) is 4.98 Å². The van der Waals surface area contributed by atoms with Crippen molar-refractivity contribution in [3.63, 3.8) is 0 Å². The van der Waals surface area contributed by atoms with Gasteiger partial charge in [-0.3, -0.25) is 4.79 Å². The zero-order valence-electron chi connectivity index (χ0n) is 7.73. The van der Waals surface area contributed by atoms with Crippen molar-refractivity contribution in [3.05, 3.63) is 44.7 Å².